The minimum Gasteiger partial charge on any atom is -0.359 e. The lowest BCUT2D eigenvalue weighted by Crippen LogP contribution is -2.56. The van der Waals surface area contributed by atoms with Gasteiger partial charge in [-0.2, -0.15) is 0 Å². The maximum absolute atomic E-state index is 6.32. The summed E-state index contributed by atoms with van der Waals surface area (Å²) in [5, 5.41) is 0. The largest absolute Gasteiger partial charge is 0.593 e. The Morgan fingerprint density at radius 2 is 1.04 bits per heavy atom. The quantitative estimate of drug-likeness (QED) is 0.571. The molecule has 0 radical (unpaired) electrons. The maximum atomic E-state index is 6.32. The van der Waals surface area contributed by atoms with E-state index in [-0.39, 0.29) is 0 Å². The Labute approximate surface area is 149 Å². The van der Waals surface area contributed by atoms with Crippen molar-refractivity contribution < 1.29 is 13.3 Å². The first kappa shape index (κ1) is 20.9. The molecule has 0 saturated carbocycles. The second-order valence-electron chi connectivity index (χ2n) is 8.82. The van der Waals surface area contributed by atoms with Gasteiger partial charge in [-0.05, 0) is 80.0 Å². The standard InChI is InChI=1S/C20H32O3Si/c1-18(2,3)21-24(22-19(4,5)6,23-20(7,8)9)16-15-17-13-11-10-12-14-17/h10-14H,1-9H3. The summed E-state index contributed by atoms with van der Waals surface area (Å²) >= 11 is 0. The Bertz CT molecular complexity index is 537. The normalized spacial score (nSPS) is 13.4. The minimum absolute atomic E-state index is 0.423. The topological polar surface area (TPSA) is 27.7 Å². The van der Waals surface area contributed by atoms with Crippen molar-refractivity contribution >= 4 is 8.80 Å². The highest BCUT2D eigenvalue weighted by molar-refractivity contribution is 6.70. The van der Waals surface area contributed by atoms with Gasteiger partial charge in [-0.15, -0.1) is 0 Å². The van der Waals surface area contributed by atoms with Crippen molar-refractivity contribution in [1.29, 1.82) is 0 Å². The Hall–Kier alpha value is -1.12. The summed E-state index contributed by atoms with van der Waals surface area (Å²) in [6, 6.07) is 9.84. The van der Waals surface area contributed by atoms with Crippen LogP contribution in [0.1, 0.15) is 67.9 Å². The van der Waals surface area contributed by atoms with Gasteiger partial charge in [0.05, 0.1) is 16.8 Å². The van der Waals surface area contributed by atoms with Gasteiger partial charge in [-0.3, -0.25) is 0 Å². The van der Waals surface area contributed by atoms with Crippen molar-refractivity contribution in [1.82, 2.24) is 0 Å². The van der Waals surface area contributed by atoms with Gasteiger partial charge >= 0.3 is 8.80 Å². The average Bonchev–Trinajstić information content (AvgIpc) is 2.31. The molecule has 0 aliphatic heterocycles. The molecule has 0 N–H and O–H groups in total. The van der Waals surface area contributed by atoms with Crippen molar-refractivity contribution in [2.75, 3.05) is 0 Å². The van der Waals surface area contributed by atoms with Gasteiger partial charge < -0.3 is 13.3 Å². The van der Waals surface area contributed by atoms with Gasteiger partial charge in [-0.1, -0.05) is 24.1 Å². The second kappa shape index (κ2) is 7.41. The smallest absolute Gasteiger partial charge is 0.359 e. The molecule has 0 amide bonds. The molecule has 24 heavy (non-hydrogen) atoms. The fraction of sp³-hybridized carbons (Fsp3) is 0.600. The van der Waals surface area contributed by atoms with Crippen LogP contribution in [0.15, 0.2) is 30.3 Å². The number of rotatable bonds is 3. The van der Waals surface area contributed by atoms with Crippen LogP contribution in [0.4, 0.5) is 0 Å². The molecule has 3 nitrogen and oxygen atoms in total. The predicted molar refractivity (Wildman–Crippen MR) is 102 cm³/mol. The highest BCUT2D eigenvalue weighted by Crippen LogP contribution is 2.28. The van der Waals surface area contributed by atoms with E-state index in [1.54, 1.807) is 0 Å². The Morgan fingerprint density at radius 1 is 0.667 bits per heavy atom. The van der Waals surface area contributed by atoms with E-state index in [2.05, 4.69) is 11.5 Å². The third-order valence-electron chi connectivity index (χ3n) is 2.46. The second-order valence-corrected chi connectivity index (χ2v) is 10.8. The molecule has 1 aromatic carbocycles. The lowest BCUT2D eigenvalue weighted by Gasteiger charge is -2.39. The fourth-order valence-corrected chi connectivity index (χ4v) is 5.01. The van der Waals surface area contributed by atoms with Crippen LogP contribution in [-0.2, 0) is 13.3 Å². The molecule has 0 aliphatic rings. The zero-order valence-electron chi connectivity index (χ0n) is 16.6. The van der Waals surface area contributed by atoms with Gasteiger partial charge in [0.15, 0.2) is 0 Å². The third kappa shape index (κ3) is 8.65. The Kier molecular flexibility index (Phi) is 6.46. The van der Waals surface area contributed by atoms with Gasteiger partial charge in [0.2, 0.25) is 0 Å². The van der Waals surface area contributed by atoms with Crippen LogP contribution in [0.2, 0.25) is 0 Å². The van der Waals surface area contributed by atoms with Gasteiger partial charge in [-0.25, -0.2) is 0 Å². The molecule has 0 unspecified atom stereocenters. The summed E-state index contributed by atoms with van der Waals surface area (Å²) in [5.74, 6) is 3.19. The molecule has 0 fully saturated rings. The average molecular weight is 349 g/mol. The number of hydrogen-bond acceptors (Lipinski definition) is 3. The van der Waals surface area contributed by atoms with Crippen LogP contribution in [0.25, 0.3) is 0 Å². The van der Waals surface area contributed by atoms with Crippen LogP contribution in [0.3, 0.4) is 0 Å². The highest BCUT2D eigenvalue weighted by Gasteiger charge is 2.50. The van der Waals surface area contributed by atoms with E-state index in [4.69, 9.17) is 13.3 Å². The molecule has 1 aromatic rings. The van der Waals surface area contributed by atoms with Gasteiger partial charge in [0.25, 0.3) is 0 Å². The summed E-state index contributed by atoms with van der Waals surface area (Å²) in [4.78, 5) is 0. The first-order valence-electron chi connectivity index (χ1n) is 8.39. The Balaban J connectivity index is 3.36. The van der Waals surface area contributed by atoms with Gasteiger partial charge in [0, 0.05) is 5.56 Å². The summed E-state index contributed by atoms with van der Waals surface area (Å²) in [7, 11) is -3.25. The molecule has 0 heterocycles. The van der Waals surface area contributed by atoms with Gasteiger partial charge in [0.1, 0.15) is 0 Å². The van der Waals surface area contributed by atoms with E-state index in [0.29, 0.717) is 0 Å². The maximum Gasteiger partial charge on any atom is 0.593 e. The van der Waals surface area contributed by atoms with Crippen molar-refractivity contribution in [3.63, 3.8) is 0 Å². The van der Waals surface area contributed by atoms with Crippen LogP contribution < -0.4 is 0 Å². The molecule has 1 rings (SSSR count). The Morgan fingerprint density at radius 3 is 1.38 bits per heavy atom. The molecular formula is C20H32O3Si. The van der Waals surface area contributed by atoms with Crippen molar-refractivity contribution in [2.45, 2.75) is 79.1 Å². The van der Waals surface area contributed by atoms with E-state index in [0.717, 1.165) is 5.56 Å². The lowest BCUT2D eigenvalue weighted by atomic mass is 10.2. The molecule has 0 aromatic heterocycles. The van der Waals surface area contributed by atoms with E-state index in [1.807, 2.05) is 92.6 Å². The molecule has 0 spiro atoms. The summed E-state index contributed by atoms with van der Waals surface area (Å²) in [5.41, 5.74) is 2.89. The lowest BCUT2D eigenvalue weighted by molar-refractivity contribution is -0.0647. The molecule has 4 heteroatoms. The molecule has 0 aliphatic carbocycles. The summed E-state index contributed by atoms with van der Waals surface area (Å²) < 4.78 is 19.0. The van der Waals surface area contributed by atoms with Crippen molar-refractivity contribution in [3.8, 4) is 11.5 Å². The van der Waals surface area contributed by atoms with Crippen LogP contribution >= 0.6 is 0 Å². The monoisotopic (exact) mass is 348 g/mol. The SMILES string of the molecule is CC(C)(C)O[Si](C#Cc1ccccc1)(OC(C)(C)C)OC(C)(C)C. The summed E-state index contributed by atoms with van der Waals surface area (Å²) in [6.45, 7) is 18.0. The minimum atomic E-state index is -3.25. The molecule has 134 valence electrons. The predicted octanol–water partition coefficient (Wildman–Crippen LogP) is 4.96. The van der Waals surface area contributed by atoms with Crippen LogP contribution in [0.5, 0.6) is 0 Å². The third-order valence-corrected chi connectivity index (χ3v) is 5.53. The fourth-order valence-electron chi connectivity index (χ4n) is 2.02. The zero-order valence-corrected chi connectivity index (χ0v) is 17.6. The number of hydrogen-bond donors (Lipinski definition) is 0. The first-order valence-corrected chi connectivity index (χ1v) is 10.1. The highest BCUT2D eigenvalue weighted by atomic mass is 28.4. The molecule has 0 bridgehead atoms. The van der Waals surface area contributed by atoms with E-state index >= 15 is 0 Å². The van der Waals surface area contributed by atoms with Crippen molar-refractivity contribution in [3.05, 3.63) is 35.9 Å². The van der Waals surface area contributed by atoms with E-state index in [1.165, 1.54) is 0 Å². The summed E-state index contributed by atoms with van der Waals surface area (Å²) in [6.07, 6.45) is 0. The zero-order chi connectivity index (χ0) is 18.6. The number of benzene rings is 1. The van der Waals surface area contributed by atoms with Crippen LogP contribution in [0, 0.1) is 11.5 Å². The van der Waals surface area contributed by atoms with E-state index in [9.17, 15) is 0 Å². The first-order chi connectivity index (χ1) is 10.7. The van der Waals surface area contributed by atoms with Crippen molar-refractivity contribution in [2.24, 2.45) is 0 Å². The molecule has 0 saturated heterocycles. The molecule has 0 atom stereocenters. The molecular weight excluding hydrogens is 316 g/mol. The van der Waals surface area contributed by atoms with E-state index < -0.39 is 25.6 Å². The van der Waals surface area contributed by atoms with Crippen LogP contribution in [-0.4, -0.2) is 25.6 Å².